The highest BCUT2D eigenvalue weighted by Gasteiger charge is 2.44. The van der Waals surface area contributed by atoms with Gasteiger partial charge in [0.25, 0.3) is 0 Å². The van der Waals surface area contributed by atoms with E-state index < -0.39 is 49.5 Å². The molecular formula is C61H113NO8. The molecular weight excluding hydrogens is 875 g/mol. The molecule has 410 valence electrons. The molecule has 0 aromatic carbocycles. The molecule has 0 spiro atoms. The fraction of sp³-hybridized carbons (Fsp3) is 0.852. The van der Waals surface area contributed by atoms with E-state index >= 15 is 0 Å². The van der Waals surface area contributed by atoms with Crippen LogP contribution in [0.3, 0.4) is 0 Å². The van der Waals surface area contributed by atoms with E-state index in [0.717, 1.165) is 51.4 Å². The van der Waals surface area contributed by atoms with Crippen LogP contribution in [0.15, 0.2) is 48.6 Å². The Morgan fingerprint density at radius 3 is 1.24 bits per heavy atom. The second-order valence-electron chi connectivity index (χ2n) is 20.8. The highest BCUT2D eigenvalue weighted by Crippen LogP contribution is 2.23. The van der Waals surface area contributed by atoms with Gasteiger partial charge in [-0.05, 0) is 57.8 Å². The summed E-state index contributed by atoms with van der Waals surface area (Å²) in [5.41, 5.74) is 0. The SMILES string of the molecule is CCCCCCC/C=C\C/C=C\C/C=C\CCCCCCCCCCCCC(=O)NC(COC1OC(CO)C(O)C(O)C1O)C(O)/C=C/CCCCCCCCCCCCCCCCCCCCCC. The Balaban J connectivity index is 2.23. The van der Waals surface area contributed by atoms with Crippen molar-refractivity contribution < 1.29 is 39.8 Å². The van der Waals surface area contributed by atoms with Crippen LogP contribution in [0, 0.1) is 0 Å². The highest BCUT2D eigenvalue weighted by atomic mass is 16.7. The number of ether oxygens (including phenoxy) is 2. The second-order valence-corrected chi connectivity index (χ2v) is 20.8. The van der Waals surface area contributed by atoms with Gasteiger partial charge in [-0.2, -0.15) is 0 Å². The summed E-state index contributed by atoms with van der Waals surface area (Å²) in [4.78, 5) is 13.1. The Bertz CT molecular complexity index is 1240. The number of amides is 1. The molecule has 1 fully saturated rings. The van der Waals surface area contributed by atoms with Crippen LogP contribution in [-0.2, 0) is 14.3 Å². The van der Waals surface area contributed by atoms with Crippen LogP contribution >= 0.6 is 0 Å². The topological polar surface area (TPSA) is 149 Å². The first-order valence-electron chi connectivity index (χ1n) is 29.9. The molecule has 0 aliphatic carbocycles. The second kappa shape index (κ2) is 50.7. The first kappa shape index (κ1) is 66.2. The van der Waals surface area contributed by atoms with Gasteiger partial charge in [0, 0.05) is 6.42 Å². The number of aliphatic hydroxyl groups excluding tert-OH is 5. The average molecular weight is 989 g/mol. The number of carbonyl (C=O) groups is 1. The van der Waals surface area contributed by atoms with E-state index in [1.54, 1.807) is 6.08 Å². The maximum atomic E-state index is 13.1. The van der Waals surface area contributed by atoms with Crippen LogP contribution in [0.25, 0.3) is 0 Å². The fourth-order valence-corrected chi connectivity index (χ4v) is 9.40. The van der Waals surface area contributed by atoms with Gasteiger partial charge in [0.1, 0.15) is 24.4 Å². The zero-order valence-electron chi connectivity index (χ0n) is 45.5. The van der Waals surface area contributed by atoms with Gasteiger partial charge in [-0.3, -0.25) is 4.79 Å². The van der Waals surface area contributed by atoms with E-state index in [1.807, 2.05) is 6.08 Å². The number of allylic oxidation sites excluding steroid dienone is 7. The lowest BCUT2D eigenvalue weighted by atomic mass is 9.99. The van der Waals surface area contributed by atoms with Crippen LogP contribution in [0.5, 0.6) is 0 Å². The molecule has 0 bridgehead atoms. The molecule has 1 aliphatic rings. The summed E-state index contributed by atoms with van der Waals surface area (Å²) >= 11 is 0. The molecule has 7 atom stereocenters. The van der Waals surface area contributed by atoms with E-state index in [-0.39, 0.29) is 12.5 Å². The van der Waals surface area contributed by atoms with Gasteiger partial charge in [0.2, 0.25) is 5.91 Å². The van der Waals surface area contributed by atoms with Crippen molar-refractivity contribution in [2.45, 2.75) is 320 Å². The van der Waals surface area contributed by atoms with Crippen molar-refractivity contribution in [3.05, 3.63) is 48.6 Å². The quantitative estimate of drug-likeness (QED) is 0.0261. The summed E-state index contributed by atoms with van der Waals surface area (Å²) in [6, 6.07) is -0.809. The van der Waals surface area contributed by atoms with E-state index in [4.69, 9.17) is 9.47 Å². The lowest BCUT2D eigenvalue weighted by molar-refractivity contribution is -0.302. The van der Waals surface area contributed by atoms with Gasteiger partial charge in [-0.15, -0.1) is 0 Å². The van der Waals surface area contributed by atoms with E-state index in [9.17, 15) is 30.3 Å². The molecule has 0 aromatic rings. The van der Waals surface area contributed by atoms with Gasteiger partial charge < -0.3 is 40.3 Å². The summed E-state index contributed by atoms with van der Waals surface area (Å²) < 4.78 is 11.3. The molecule has 0 radical (unpaired) electrons. The Kier molecular flexibility index (Phi) is 47.9. The summed E-state index contributed by atoms with van der Waals surface area (Å²) in [5.74, 6) is -0.179. The van der Waals surface area contributed by atoms with Crippen molar-refractivity contribution in [2.24, 2.45) is 0 Å². The summed E-state index contributed by atoms with van der Waals surface area (Å²) in [6.45, 7) is 3.79. The number of hydrogen-bond acceptors (Lipinski definition) is 8. The van der Waals surface area contributed by atoms with Gasteiger partial charge in [-0.25, -0.2) is 0 Å². The zero-order chi connectivity index (χ0) is 50.8. The molecule has 1 saturated heterocycles. The number of rotatable bonds is 51. The van der Waals surface area contributed by atoms with E-state index in [1.165, 1.54) is 205 Å². The lowest BCUT2D eigenvalue weighted by Crippen LogP contribution is -2.60. The van der Waals surface area contributed by atoms with Crippen LogP contribution < -0.4 is 5.32 Å². The number of unbranched alkanes of at least 4 members (excludes halogenated alkanes) is 35. The third-order valence-electron chi connectivity index (χ3n) is 14.1. The third kappa shape index (κ3) is 39.7. The largest absolute Gasteiger partial charge is 0.394 e. The summed E-state index contributed by atoms with van der Waals surface area (Å²) in [5, 5.41) is 54.6. The van der Waals surface area contributed by atoms with Crippen molar-refractivity contribution in [2.75, 3.05) is 13.2 Å². The van der Waals surface area contributed by atoms with E-state index in [2.05, 4.69) is 55.6 Å². The first-order chi connectivity index (χ1) is 34.3. The molecule has 7 unspecified atom stereocenters. The molecule has 1 rings (SSSR count). The van der Waals surface area contributed by atoms with E-state index in [0.29, 0.717) is 6.42 Å². The van der Waals surface area contributed by atoms with Crippen molar-refractivity contribution in [1.29, 1.82) is 0 Å². The Labute approximate surface area is 431 Å². The van der Waals surface area contributed by atoms with Crippen LogP contribution in [0.4, 0.5) is 0 Å². The molecule has 9 nitrogen and oxygen atoms in total. The third-order valence-corrected chi connectivity index (χ3v) is 14.1. The maximum Gasteiger partial charge on any atom is 0.220 e. The van der Waals surface area contributed by atoms with Crippen molar-refractivity contribution in [3.63, 3.8) is 0 Å². The van der Waals surface area contributed by atoms with Gasteiger partial charge >= 0.3 is 0 Å². The number of aliphatic hydroxyl groups is 5. The van der Waals surface area contributed by atoms with Crippen molar-refractivity contribution in [1.82, 2.24) is 5.32 Å². The Morgan fingerprint density at radius 1 is 0.486 bits per heavy atom. The van der Waals surface area contributed by atoms with Crippen molar-refractivity contribution in [3.8, 4) is 0 Å². The van der Waals surface area contributed by atoms with Crippen molar-refractivity contribution >= 4 is 5.91 Å². The minimum atomic E-state index is -1.57. The standard InChI is InChI=1S/C61H113NO8/c1-3-5-7-9-11-13-15-17-19-21-23-25-27-28-29-31-33-35-37-39-41-43-45-47-49-51-57(65)62-54(53-69-61-60(68)59(67)58(66)56(52-63)70-61)55(64)50-48-46-44-42-40-38-36-34-32-30-26-24-22-20-18-16-14-12-10-8-6-4-2/h15,17,21,23,27-28,48,50,54-56,58-61,63-64,66-68H,3-14,16,18-20,22,24-26,29-47,49,51-53H2,1-2H3,(H,62,65)/b17-15-,23-21-,28-27-,50-48+. The maximum absolute atomic E-state index is 13.1. The summed E-state index contributed by atoms with van der Waals surface area (Å²) in [6.07, 6.45) is 60.3. The van der Waals surface area contributed by atoms with Crippen LogP contribution in [-0.4, -0.2) is 87.5 Å². The van der Waals surface area contributed by atoms with Gasteiger partial charge in [-0.1, -0.05) is 262 Å². The Hall–Kier alpha value is -1.85. The number of hydrogen-bond donors (Lipinski definition) is 6. The molecule has 0 saturated carbocycles. The minimum absolute atomic E-state index is 0.179. The van der Waals surface area contributed by atoms with Gasteiger partial charge in [0.05, 0.1) is 25.4 Å². The summed E-state index contributed by atoms with van der Waals surface area (Å²) in [7, 11) is 0. The molecule has 1 aliphatic heterocycles. The first-order valence-corrected chi connectivity index (χ1v) is 29.9. The van der Waals surface area contributed by atoms with Gasteiger partial charge in [0.15, 0.2) is 6.29 Å². The molecule has 9 heteroatoms. The molecule has 70 heavy (non-hydrogen) atoms. The molecule has 1 heterocycles. The number of carbonyl (C=O) groups excluding carboxylic acids is 1. The zero-order valence-corrected chi connectivity index (χ0v) is 45.5. The average Bonchev–Trinajstić information content (AvgIpc) is 3.36. The number of nitrogens with one attached hydrogen (secondary N) is 1. The minimum Gasteiger partial charge on any atom is -0.394 e. The predicted octanol–water partition coefficient (Wildman–Crippen LogP) is 14.9. The van der Waals surface area contributed by atoms with Crippen LogP contribution in [0.2, 0.25) is 0 Å². The smallest absolute Gasteiger partial charge is 0.220 e. The highest BCUT2D eigenvalue weighted by molar-refractivity contribution is 5.76. The molecule has 1 amide bonds. The molecule has 6 N–H and O–H groups in total. The molecule has 0 aromatic heterocycles. The predicted molar refractivity (Wildman–Crippen MR) is 295 cm³/mol. The Morgan fingerprint density at radius 2 is 0.843 bits per heavy atom. The fourth-order valence-electron chi connectivity index (χ4n) is 9.40. The normalized spacial score (nSPS) is 19.7. The lowest BCUT2D eigenvalue weighted by Gasteiger charge is -2.40. The van der Waals surface area contributed by atoms with Crippen LogP contribution in [0.1, 0.15) is 277 Å². The monoisotopic (exact) mass is 988 g/mol.